The van der Waals surface area contributed by atoms with Gasteiger partial charge in [0, 0.05) is 56.1 Å². The van der Waals surface area contributed by atoms with Gasteiger partial charge in [0.1, 0.15) is 5.76 Å². The molecule has 2 heterocycles. The molecule has 6 heteroatoms. The summed E-state index contributed by atoms with van der Waals surface area (Å²) in [5.74, 6) is 1.04. The van der Waals surface area contributed by atoms with Gasteiger partial charge >= 0.3 is 0 Å². The summed E-state index contributed by atoms with van der Waals surface area (Å²) in [4.78, 5) is 17.3. The summed E-state index contributed by atoms with van der Waals surface area (Å²) in [5, 5.41) is 6.81. The average molecular weight is 402 g/mol. The van der Waals surface area contributed by atoms with E-state index in [4.69, 9.17) is 4.52 Å². The summed E-state index contributed by atoms with van der Waals surface area (Å²) in [5.41, 5.74) is 3.66. The van der Waals surface area contributed by atoms with Gasteiger partial charge in [-0.3, -0.25) is 9.69 Å². The van der Waals surface area contributed by atoms with E-state index in [1.165, 1.54) is 11.3 Å². The molecule has 0 radical (unpaired) electrons. The monoisotopic (exact) mass is 402 g/mol. The second-order valence-corrected chi connectivity index (χ2v) is 8.14. The van der Waals surface area contributed by atoms with Gasteiger partial charge in [-0.05, 0) is 42.7 Å². The van der Waals surface area contributed by atoms with Crippen LogP contribution >= 0.6 is 0 Å². The van der Waals surface area contributed by atoms with Crippen molar-refractivity contribution in [2.75, 3.05) is 36.4 Å². The summed E-state index contributed by atoms with van der Waals surface area (Å²) in [6.45, 7) is 5.10. The van der Waals surface area contributed by atoms with Crippen LogP contribution in [0.25, 0.3) is 0 Å². The minimum absolute atomic E-state index is 0.229. The lowest BCUT2D eigenvalue weighted by Crippen LogP contribution is -2.45. The second kappa shape index (κ2) is 8.32. The first kappa shape index (κ1) is 18.9. The van der Waals surface area contributed by atoms with Crippen LogP contribution in [0, 0.1) is 0 Å². The van der Waals surface area contributed by atoms with Crippen LogP contribution in [0.3, 0.4) is 0 Å². The maximum atomic E-state index is 12.4. The van der Waals surface area contributed by atoms with Crippen molar-refractivity contribution in [3.05, 3.63) is 77.7 Å². The number of anilines is 2. The fraction of sp³-hybridized carbons (Fsp3) is 0.333. The molecular weight excluding hydrogens is 376 g/mol. The molecule has 2 fully saturated rings. The molecule has 0 atom stereocenters. The smallest absolute Gasteiger partial charge is 0.277 e. The predicted octanol–water partition coefficient (Wildman–Crippen LogP) is 4.13. The molecule has 30 heavy (non-hydrogen) atoms. The minimum atomic E-state index is -0.229. The highest BCUT2D eigenvalue weighted by molar-refractivity contribution is 6.02. The summed E-state index contributed by atoms with van der Waals surface area (Å²) in [7, 11) is 0. The van der Waals surface area contributed by atoms with E-state index in [1.807, 2.05) is 12.1 Å². The van der Waals surface area contributed by atoms with Crippen molar-refractivity contribution in [1.29, 1.82) is 0 Å². The molecule has 1 aliphatic heterocycles. The van der Waals surface area contributed by atoms with Crippen molar-refractivity contribution in [3.8, 4) is 0 Å². The van der Waals surface area contributed by atoms with Gasteiger partial charge in [0.2, 0.25) is 0 Å². The van der Waals surface area contributed by atoms with Crippen molar-refractivity contribution >= 4 is 17.3 Å². The van der Waals surface area contributed by atoms with Crippen molar-refractivity contribution in [1.82, 2.24) is 10.1 Å². The summed E-state index contributed by atoms with van der Waals surface area (Å²) < 4.78 is 5.27. The van der Waals surface area contributed by atoms with Gasteiger partial charge in [0.05, 0.1) is 0 Å². The van der Waals surface area contributed by atoms with E-state index >= 15 is 0 Å². The van der Waals surface area contributed by atoms with Crippen LogP contribution in [0.2, 0.25) is 0 Å². The summed E-state index contributed by atoms with van der Waals surface area (Å²) in [6.07, 6.45) is 2.25. The number of rotatable bonds is 6. The van der Waals surface area contributed by atoms with E-state index in [1.54, 1.807) is 6.07 Å². The quantitative estimate of drug-likeness (QED) is 0.672. The maximum absolute atomic E-state index is 12.4. The lowest BCUT2D eigenvalue weighted by molar-refractivity contribution is 0.101. The molecule has 2 aromatic carbocycles. The Morgan fingerprint density at radius 2 is 1.73 bits per heavy atom. The highest BCUT2D eigenvalue weighted by atomic mass is 16.5. The highest BCUT2D eigenvalue weighted by Gasteiger charge is 2.29. The highest BCUT2D eigenvalue weighted by Crippen LogP contribution is 2.40. The summed E-state index contributed by atoms with van der Waals surface area (Å²) in [6, 6.07) is 20.4. The molecule has 0 spiro atoms. The predicted molar refractivity (Wildman–Crippen MR) is 117 cm³/mol. The summed E-state index contributed by atoms with van der Waals surface area (Å²) >= 11 is 0. The molecule has 1 saturated carbocycles. The van der Waals surface area contributed by atoms with Crippen LogP contribution in [0.5, 0.6) is 0 Å². The van der Waals surface area contributed by atoms with Gasteiger partial charge < -0.3 is 14.7 Å². The Morgan fingerprint density at radius 3 is 2.43 bits per heavy atom. The fourth-order valence-electron chi connectivity index (χ4n) is 3.91. The molecule has 1 aliphatic carbocycles. The van der Waals surface area contributed by atoms with E-state index < -0.39 is 0 Å². The molecular formula is C24H26N4O2. The fourth-order valence-corrected chi connectivity index (χ4v) is 3.91. The van der Waals surface area contributed by atoms with Crippen molar-refractivity contribution in [2.45, 2.75) is 25.3 Å². The molecule has 6 nitrogen and oxygen atoms in total. The Hall–Kier alpha value is -3.12. The van der Waals surface area contributed by atoms with Crippen molar-refractivity contribution in [2.24, 2.45) is 0 Å². The number of benzene rings is 2. The third-order valence-corrected chi connectivity index (χ3v) is 5.85. The van der Waals surface area contributed by atoms with E-state index in [-0.39, 0.29) is 5.91 Å². The van der Waals surface area contributed by atoms with Crippen molar-refractivity contribution < 1.29 is 9.32 Å². The number of nitrogens with zero attached hydrogens (tertiary/aromatic N) is 3. The van der Waals surface area contributed by atoms with Gasteiger partial charge in [0.25, 0.3) is 5.91 Å². The SMILES string of the molecule is O=C(Nc1ccc(N2CCN(Cc3ccccc3)CC2)cc1)c1cc(C2CC2)on1. The minimum Gasteiger partial charge on any atom is -0.369 e. The largest absolute Gasteiger partial charge is 0.369 e. The lowest BCUT2D eigenvalue weighted by atomic mass is 10.2. The standard InChI is InChI=1S/C24H26N4O2/c29-24(22-16-23(30-26-22)19-6-7-19)25-20-8-10-21(11-9-20)28-14-12-27(13-15-28)17-18-4-2-1-3-5-18/h1-5,8-11,16,19H,6-7,12-15,17H2,(H,25,29). The number of aromatic nitrogens is 1. The Labute approximate surface area is 176 Å². The molecule has 1 aromatic heterocycles. The number of nitrogens with one attached hydrogen (secondary N) is 1. The number of piperazine rings is 1. The van der Waals surface area contributed by atoms with Crippen LogP contribution < -0.4 is 10.2 Å². The molecule has 1 N–H and O–H groups in total. The molecule has 1 saturated heterocycles. The molecule has 0 bridgehead atoms. The van der Waals surface area contributed by atoms with E-state index in [9.17, 15) is 4.79 Å². The van der Waals surface area contributed by atoms with Crippen LogP contribution in [0.4, 0.5) is 11.4 Å². The van der Waals surface area contributed by atoms with Gasteiger partial charge in [-0.1, -0.05) is 35.5 Å². The molecule has 5 rings (SSSR count). The Bertz CT molecular complexity index is 988. The Kier molecular flexibility index (Phi) is 5.24. The normalized spacial score (nSPS) is 17.1. The van der Waals surface area contributed by atoms with E-state index in [2.05, 4.69) is 62.7 Å². The first-order chi connectivity index (χ1) is 14.7. The number of hydrogen-bond donors (Lipinski definition) is 1. The zero-order chi connectivity index (χ0) is 20.3. The number of carbonyl (C=O) groups is 1. The number of carbonyl (C=O) groups excluding carboxylic acids is 1. The number of hydrogen-bond acceptors (Lipinski definition) is 5. The van der Waals surface area contributed by atoms with Gasteiger partial charge in [-0.25, -0.2) is 0 Å². The van der Waals surface area contributed by atoms with E-state index in [0.717, 1.165) is 57.0 Å². The first-order valence-electron chi connectivity index (χ1n) is 10.6. The average Bonchev–Trinajstić information content (AvgIpc) is 3.52. The van der Waals surface area contributed by atoms with Gasteiger partial charge in [-0.15, -0.1) is 0 Å². The van der Waals surface area contributed by atoms with Gasteiger partial charge in [0.15, 0.2) is 5.69 Å². The topological polar surface area (TPSA) is 61.6 Å². The zero-order valence-electron chi connectivity index (χ0n) is 17.0. The van der Waals surface area contributed by atoms with E-state index in [0.29, 0.717) is 11.6 Å². The van der Waals surface area contributed by atoms with Crippen molar-refractivity contribution in [3.63, 3.8) is 0 Å². The third kappa shape index (κ3) is 4.39. The van der Waals surface area contributed by atoms with Crippen LogP contribution in [-0.2, 0) is 6.54 Å². The maximum Gasteiger partial charge on any atom is 0.277 e. The molecule has 154 valence electrons. The van der Waals surface area contributed by atoms with Crippen LogP contribution in [0.1, 0.15) is 40.6 Å². The first-order valence-corrected chi connectivity index (χ1v) is 10.6. The molecule has 0 unspecified atom stereocenters. The molecule has 3 aromatic rings. The third-order valence-electron chi connectivity index (χ3n) is 5.85. The van der Waals surface area contributed by atoms with Gasteiger partial charge in [-0.2, -0.15) is 0 Å². The zero-order valence-corrected chi connectivity index (χ0v) is 17.0. The Balaban J connectivity index is 1.14. The molecule has 1 amide bonds. The number of amides is 1. The van der Waals surface area contributed by atoms with Crippen LogP contribution in [0.15, 0.2) is 65.2 Å². The van der Waals surface area contributed by atoms with Crippen LogP contribution in [-0.4, -0.2) is 42.1 Å². The second-order valence-electron chi connectivity index (χ2n) is 8.14. The Morgan fingerprint density at radius 1 is 1.00 bits per heavy atom. The lowest BCUT2D eigenvalue weighted by Gasteiger charge is -2.36. The molecule has 2 aliphatic rings.